The summed E-state index contributed by atoms with van der Waals surface area (Å²) in [5.41, 5.74) is 5.48. The molecule has 18 nitrogen and oxygen atoms in total. The van der Waals surface area contributed by atoms with Crippen molar-refractivity contribution in [2.45, 2.75) is 51.4 Å². The second-order valence-electron chi connectivity index (χ2n) is 11.4. The molecule has 20 heteroatoms. The smallest absolute Gasteiger partial charge is 0.856 e. The van der Waals surface area contributed by atoms with Crippen LogP contribution in [0.5, 0.6) is 5.88 Å². The van der Waals surface area contributed by atoms with Crippen molar-refractivity contribution < 1.29 is 77.5 Å². The van der Waals surface area contributed by atoms with Gasteiger partial charge in [-0.05, 0) is 11.5 Å². The standard InChI is InChI=1S/C26H33N8O10P.Na/c1-26(2,3)21(15-7-5-6-8-16(15)34(37)38)42-14-41-20-19(35)17(11-43-45(39,40)32-10-9-28-12-32)44-24(20)33-13-31(4)18-22(33)29-25(27)30-23(18)36;/h5-10,12-13,17,19-21,24,35H,11,14H2,1-4H3,(H3-,27,29,30,36,39,40);/q;+1/p-1/t17-,19?,20+,21?,24-;/m1./s1. The van der Waals surface area contributed by atoms with Crippen LogP contribution in [0.2, 0.25) is 0 Å². The van der Waals surface area contributed by atoms with Crippen LogP contribution < -0.4 is 49.9 Å². The van der Waals surface area contributed by atoms with E-state index in [0.29, 0.717) is 5.56 Å². The fourth-order valence-corrected chi connectivity index (χ4v) is 6.05. The number of benzene rings is 1. The Balaban J connectivity index is 0.00000480. The van der Waals surface area contributed by atoms with E-state index < -0.39 is 68.0 Å². The number of aromatic nitrogens is 6. The molecule has 1 aliphatic heterocycles. The van der Waals surface area contributed by atoms with Crippen LogP contribution >= 0.6 is 7.75 Å². The van der Waals surface area contributed by atoms with E-state index in [0.717, 1.165) is 10.7 Å². The number of rotatable bonds is 11. The predicted molar refractivity (Wildman–Crippen MR) is 150 cm³/mol. The minimum absolute atomic E-state index is 0. The van der Waals surface area contributed by atoms with Crippen molar-refractivity contribution in [1.82, 2.24) is 23.9 Å². The number of anilines is 1. The summed E-state index contributed by atoms with van der Waals surface area (Å²) >= 11 is 0. The van der Waals surface area contributed by atoms with Crippen LogP contribution in [0.4, 0.5) is 11.6 Å². The topological polar surface area (TPSA) is 242 Å². The fourth-order valence-electron chi connectivity index (χ4n) is 5.17. The molecule has 1 aromatic carbocycles. The van der Waals surface area contributed by atoms with Gasteiger partial charge in [0.15, 0.2) is 11.8 Å². The van der Waals surface area contributed by atoms with E-state index in [1.165, 1.54) is 33.9 Å². The van der Waals surface area contributed by atoms with E-state index in [4.69, 9.17) is 24.5 Å². The van der Waals surface area contributed by atoms with Crippen molar-refractivity contribution in [3.8, 4) is 5.88 Å². The maximum Gasteiger partial charge on any atom is 1.00 e. The molecule has 4 heterocycles. The molecule has 1 aliphatic rings. The van der Waals surface area contributed by atoms with Crippen molar-refractivity contribution in [2.75, 3.05) is 19.1 Å². The molecule has 0 spiro atoms. The van der Waals surface area contributed by atoms with E-state index in [1.54, 1.807) is 25.2 Å². The van der Waals surface area contributed by atoms with Crippen molar-refractivity contribution in [3.63, 3.8) is 0 Å². The average Bonchev–Trinajstić information content (AvgIpc) is 3.68. The average molecular weight is 671 g/mol. The van der Waals surface area contributed by atoms with Crippen LogP contribution in [0, 0.1) is 15.5 Å². The van der Waals surface area contributed by atoms with Crippen molar-refractivity contribution >= 4 is 30.5 Å². The van der Waals surface area contributed by atoms with Gasteiger partial charge in [0.05, 0.1) is 30.2 Å². The third-order valence-electron chi connectivity index (χ3n) is 7.21. The number of ether oxygens (including phenoxy) is 3. The Morgan fingerprint density at radius 1 is 1.28 bits per heavy atom. The molecule has 0 aliphatic carbocycles. The largest absolute Gasteiger partial charge is 1.00 e. The van der Waals surface area contributed by atoms with E-state index >= 15 is 0 Å². The number of nitrogen functional groups attached to an aromatic ring is 1. The van der Waals surface area contributed by atoms with E-state index in [-0.39, 0.29) is 52.4 Å². The van der Waals surface area contributed by atoms with Gasteiger partial charge in [0.2, 0.25) is 14.0 Å². The maximum atomic E-state index is 12.6. The monoisotopic (exact) mass is 670 g/mol. The van der Waals surface area contributed by atoms with Crippen LogP contribution in [0.3, 0.4) is 0 Å². The van der Waals surface area contributed by atoms with E-state index in [2.05, 4.69) is 15.0 Å². The second kappa shape index (κ2) is 14.0. The number of nitro benzene ring substituents is 1. The molecule has 3 unspecified atom stereocenters. The molecular formula is C26H32N8NaO10P. The normalized spacial score (nSPS) is 22.0. The Morgan fingerprint density at radius 2 is 2.00 bits per heavy atom. The number of imidazole rings is 2. The summed E-state index contributed by atoms with van der Waals surface area (Å²) in [5, 5.41) is 35.7. The second-order valence-corrected chi connectivity index (χ2v) is 13.1. The van der Waals surface area contributed by atoms with Gasteiger partial charge in [0.1, 0.15) is 31.4 Å². The first-order valence-corrected chi connectivity index (χ1v) is 15.1. The van der Waals surface area contributed by atoms with E-state index in [1.807, 2.05) is 20.8 Å². The maximum absolute atomic E-state index is 12.6. The molecule has 6 atom stereocenters. The van der Waals surface area contributed by atoms with Gasteiger partial charge in [-0.2, -0.15) is 0 Å². The summed E-state index contributed by atoms with van der Waals surface area (Å²) in [6, 6.07) is 6.18. The van der Waals surface area contributed by atoms with Gasteiger partial charge in [-0.1, -0.05) is 37.9 Å². The Bertz CT molecular complexity index is 1730. The minimum Gasteiger partial charge on any atom is -0.856 e. The molecule has 0 radical (unpaired) electrons. The molecule has 5 rings (SSSR count). The predicted octanol–water partition coefficient (Wildman–Crippen LogP) is -2.54. The van der Waals surface area contributed by atoms with Crippen molar-refractivity contribution in [2.24, 2.45) is 12.5 Å². The summed E-state index contributed by atoms with van der Waals surface area (Å²) in [7, 11) is -3.06. The van der Waals surface area contributed by atoms with Crippen molar-refractivity contribution in [3.05, 3.63) is 65.0 Å². The van der Waals surface area contributed by atoms with Gasteiger partial charge in [-0.3, -0.25) is 23.6 Å². The Morgan fingerprint density at radius 3 is 2.65 bits per heavy atom. The molecule has 46 heavy (non-hydrogen) atoms. The molecule has 0 amide bonds. The van der Waals surface area contributed by atoms with Crippen LogP contribution in [0.1, 0.15) is 38.7 Å². The number of hydrogen-bond donors (Lipinski definition) is 2. The summed E-state index contributed by atoms with van der Waals surface area (Å²) in [6.45, 7) is 4.46. The number of nitrogens with two attached hydrogens (primary N) is 1. The summed E-state index contributed by atoms with van der Waals surface area (Å²) in [4.78, 5) is 35.4. The van der Waals surface area contributed by atoms with Gasteiger partial charge in [0.25, 0.3) is 11.6 Å². The van der Waals surface area contributed by atoms with Crippen LogP contribution in [0.15, 0.2) is 49.3 Å². The Labute approximate surface area is 284 Å². The summed E-state index contributed by atoms with van der Waals surface area (Å²) in [6.07, 6.45) is -0.984. The molecule has 242 valence electrons. The molecule has 4 aromatic rings. The molecule has 3 aromatic heterocycles. The number of fused-ring (bicyclic) bond motifs is 1. The minimum atomic E-state index is -4.63. The Kier molecular flexibility index (Phi) is 10.9. The molecular weight excluding hydrogens is 638 g/mol. The van der Waals surface area contributed by atoms with Crippen molar-refractivity contribution in [1.29, 1.82) is 0 Å². The first-order chi connectivity index (χ1) is 21.2. The van der Waals surface area contributed by atoms with Gasteiger partial charge < -0.3 is 39.6 Å². The molecule has 1 fully saturated rings. The van der Waals surface area contributed by atoms with Gasteiger partial charge in [-0.15, -0.1) is 0 Å². The van der Waals surface area contributed by atoms with Crippen LogP contribution in [-0.4, -0.2) is 65.6 Å². The van der Waals surface area contributed by atoms with Gasteiger partial charge in [-0.25, -0.2) is 14.5 Å². The number of aliphatic hydroxyl groups excluding tert-OH is 1. The third kappa shape index (κ3) is 7.26. The first-order valence-electron chi connectivity index (χ1n) is 13.6. The SMILES string of the molecule is Cn1c[n+]([C@@H]2O[C@H](COP(=O)([O-])n3ccnc3)C(O)[C@@H]2OCOC(c2ccccc2[N+](=O)[O-])C(C)(C)C)c2nc(N)nc([O-])c21.[Na+]. The zero-order valence-corrected chi connectivity index (χ0v) is 28.6. The number of hydrogen-bond acceptors (Lipinski definition) is 14. The van der Waals surface area contributed by atoms with Gasteiger partial charge in [0, 0.05) is 24.3 Å². The molecule has 3 N–H and O–H groups in total. The fraction of sp³-hybridized carbons (Fsp3) is 0.462. The number of nitrogens with zero attached hydrogens (tertiary/aromatic N) is 7. The number of aryl methyl sites for hydroxylation is 1. The zero-order valence-electron chi connectivity index (χ0n) is 25.7. The molecule has 1 saturated heterocycles. The number of nitro groups is 1. The van der Waals surface area contributed by atoms with E-state index in [9.17, 15) is 29.8 Å². The summed E-state index contributed by atoms with van der Waals surface area (Å²) < 4.78 is 39.5. The van der Waals surface area contributed by atoms with Crippen LogP contribution in [0.25, 0.3) is 11.2 Å². The summed E-state index contributed by atoms with van der Waals surface area (Å²) in [5.74, 6) is -0.945. The zero-order chi connectivity index (χ0) is 32.7. The Hall–Kier alpha value is -3.03. The van der Waals surface area contributed by atoms with Gasteiger partial charge >= 0.3 is 35.2 Å². The molecule has 0 saturated carbocycles. The number of aliphatic hydroxyl groups is 1. The third-order valence-corrected chi connectivity index (χ3v) is 8.48. The first kappa shape index (κ1) is 35.8. The number of para-hydroxylation sites is 1. The van der Waals surface area contributed by atoms with Crippen LogP contribution in [-0.2, 0) is 30.3 Å². The molecule has 0 bridgehead atoms. The quantitative estimate of drug-likeness (QED) is 0.0417.